The molecule has 0 bridgehead atoms. The molecule has 0 spiro atoms. The van der Waals surface area contributed by atoms with E-state index in [1.54, 1.807) is 46.6 Å². The van der Waals surface area contributed by atoms with Crippen LogP contribution in [0.3, 0.4) is 0 Å². The second kappa shape index (κ2) is 11.6. The first-order valence-corrected chi connectivity index (χ1v) is 14.6. The molecule has 0 unspecified atom stereocenters. The minimum absolute atomic E-state index is 0.0136. The summed E-state index contributed by atoms with van der Waals surface area (Å²) in [4.78, 5) is 0. The van der Waals surface area contributed by atoms with Crippen molar-refractivity contribution in [3.05, 3.63) is 65.2 Å². The SMILES string of the molecule is COC[C@H]1Cc2cc([C@H]3OC[C@]4(O)[C@@H](Oc5c(OC)cccc5OC)OC[C@H]34)c(OC)cc2O[C@@H]1c1ccc2c(c1)OCO2. The van der Waals surface area contributed by atoms with Gasteiger partial charge in [0.05, 0.1) is 53.2 Å². The summed E-state index contributed by atoms with van der Waals surface area (Å²) in [5.74, 6) is 3.67. The predicted octanol–water partition coefficient (Wildman–Crippen LogP) is 4.23. The van der Waals surface area contributed by atoms with Gasteiger partial charge in [0.25, 0.3) is 0 Å². The number of hydrogen-bond donors (Lipinski definition) is 1. The van der Waals surface area contributed by atoms with Crippen LogP contribution in [0.5, 0.6) is 40.2 Å². The molecular weight excluding hydrogens is 572 g/mol. The van der Waals surface area contributed by atoms with Gasteiger partial charge in [0.15, 0.2) is 28.6 Å². The minimum Gasteiger partial charge on any atom is -0.496 e. The van der Waals surface area contributed by atoms with Crippen molar-refractivity contribution in [3.8, 4) is 40.2 Å². The Hall–Kier alpha value is -3.90. The maximum Gasteiger partial charge on any atom is 0.232 e. The number of ether oxygens (including phenoxy) is 10. The van der Waals surface area contributed by atoms with Crippen LogP contribution in [0.1, 0.15) is 28.9 Å². The topological polar surface area (TPSA) is 113 Å². The van der Waals surface area contributed by atoms with Crippen LogP contribution in [0.4, 0.5) is 0 Å². The highest BCUT2D eigenvalue weighted by atomic mass is 16.7. The molecule has 0 saturated carbocycles. The second-order valence-corrected chi connectivity index (χ2v) is 11.4. The van der Waals surface area contributed by atoms with Crippen molar-refractivity contribution in [1.29, 1.82) is 0 Å². The van der Waals surface area contributed by atoms with E-state index in [1.165, 1.54) is 0 Å². The van der Waals surface area contributed by atoms with E-state index in [0.29, 0.717) is 41.8 Å². The molecular formula is C33H36O11. The van der Waals surface area contributed by atoms with Crippen molar-refractivity contribution in [2.75, 3.05) is 55.1 Å². The lowest BCUT2D eigenvalue weighted by Crippen LogP contribution is -2.47. The molecule has 1 N–H and O–H groups in total. The molecule has 0 amide bonds. The van der Waals surface area contributed by atoms with Gasteiger partial charge in [-0.2, -0.15) is 0 Å². The standard InChI is InChI=1S/C33H36O11/c1-35-14-20-10-19-11-21(27(38-4)13-26(19)43-29(20)18-8-9-23-28(12-18)42-17-41-23)30-22-15-39-32(33(22,34)16-40-30)44-31-24(36-2)6-5-7-25(31)37-3/h5-9,11-13,20,22,29-30,32,34H,10,14-17H2,1-4H3/t20-,22-,29-,30-,32-,33-/m1/s1. The fourth-order valence-electron chi connectivity index (χ4n) is 6.71. The Morgan fingerprint density at radius 2 is 1.61 bits per heavy atom. The van der Waals surface area contributed by atoms with Gasteiger partial charge in [-0.3, -0.25) is 0 Å². The molecule has 6 atom stereocenters. The summed E-state index contributed by atoms with van der Waals surface area (Å²) in [7, 11) is 6.40. The van der Waals surface area contributed by atoms with E-state index in [9.17, 15) is 5.11 Å². The maximum atomic E-state index is 11.9. The third-order valence-corrected chi connectivity index (χ3v) is 8.93. The molecule has 3 aromatic carbocycles. The van der Waals surface area contributed by atoms with Crippen molar-refractivity contribution in [1.82, 2.24) is 0 Å². The molecule has 2 saturated heterocycles. The number of methoxy groups -OCH3 is 4. The molecule has 4 aliphatic rings. The van der Waals surface area contributed by atoms with Crippen LogP contribution in [0.25, 0.3) is 0 Å². The van der Waals surface area contributed by atoms with Crippen molar-refractivity contribution in [2.24, 2.45) is 11.8 Å². The Balaban J connectivity index is 1.17. The van der Waals surface area contributed by atoms with Gasteiger partial charge in [-0.25, -0.2) is 0 Å². The van der Waals surface area contributed by atoms with E-state index < -0.39 is 23.9 Å². The van der Waals surface area contributed by atoms with Crippen molar-refractivity contribution in [3.63, 3.8) is 0 Å². The molecule has 44 heavy (non-hydrogen) atoms. The Kier molecular flexibility index (Phi) is 7.57. The van der Waals surface area contributed by atoms with E-state index >= 15 is 0 Å². The zero-order valence-electron chi connectivity index (χ0n) is 25.1. The molecule has 7 rings (SSSR count). The minimum atomic E-state index is -1.42. The quantitative estimate of drug-likeness (QED) is 0.377. The highest BCUT2D eigenvalue weighted by molar-refractivity contribution is 5.53. The van der Waals surface area contributed by atoms with Crippen molar-refractivity contribution in [2.45, 2.75) is 30.5 Å². The fourth-order valence-corrected chi connectivity index (χ4v) is 6.71. The number of hydrogen-bond acceptors (Lipinski definition) is 11. The number of rotatable bonds is 9. The van der Waals surface area contributed by atoms with Crippen LogP contribution >= 0.6 is 0 Å². The summed E-state index contributed by atoms with van der Waals surface area (Å²) in [6, 6.07) is 15.2. The van der Waals surface area contributed by atoms with Crippen LogP contribution < -0.4 is 33.2 Å². The lowest BCUT2D eigenvalue weighted by Gasteiger charge is -2.35. The highest BCUT2D eigenvalue weighted by Crippen LogP contribution is 2.53. The molecule has 234 valence electrons. The molecule has 4 heterocycles. The van der Waals surface area contributed by atoms with E-state index in [2.05, 4.69) is 6.07 Å². The van der Waals surface area contributed by atoms with Gasteiger partial charge in [0, 0.05) is 24.7 Å². The molecule has 3 aromatic rings. The van der Waals surface area contributed by atoms with Gasteiger partial charge in [-0.05, 0) is 47.9 Å². The lowest BCUT2D eigenvalue weighted by molar-refractivity contribution is -0.153. The summed E-state index contributed by atoms with van der Waals surface area (Å²) >= 11 is 0. The molecule has 11 heteroatoms. The van der Waals surface area contributed by atoms with Gasteiger partial charge >= 0.3 is 0 Å². The second-order valence-electron chi connectivity index (χ2n) is 11.4. The predicted molar refractivity (Wildman–Crippen MR) is 155 cm³/mol. The average Bonchev–Trinajstić information content (AvgIpc) is 3.74. The summed E-state index contributed by atoms with van der Waals surface area (Å²) in [5, 5.41) is 11.9. The molecule has 11 nitrogen and oxygen atoms in total. The normalized spacial score (nSPS) is 28.2. The van der Waals surface area contributed by atoms with Crippen molar-refractivity contribution < 1.29 is 52.5 Å². The van der Waals surface area contributed by atoms with E-state index in [-0.39, 0.29) is 32.0 Å². The van der Waals surface area contributed by atoms with E-state index in [0.717, 1.165) is 28.2 Å². The maximum absolute atomic E-state index is 11.9. The van der Waals surface area contributed by atoms with Gasteiger partial charge in [0.1, 0.15) is 17.6 Å². The number of fused-ring (bicyclic) bond motifs is 3. The Morgan fingerprint density at radius 3 is 2.36 bits per heavy atom. The van der Waals surface area contributed by atoms with Gasteiger partial charge in [-0.15, -0.1) is 0 Å². The zero-order valence-corrected chi connectivity index (χ0v) is 25.1. The first kappa shape index (κ1) is 28.8. The zero-order chi connectivity index (χ0) is 30.4. The van der Waals surface area contributed by atoms with E-state index in [1.807, 2.05) is 24.3 Å². The molecule has 0 aliphatic carbocycles. The number of aliphatic hydroxyl groups is 1. The van der Waals surface area contributed by atoms with Gasteiger partial charge < -0.3 is 52.5 Å². The summed E-state index contributed by atoms with van der Waals surface area (Å²) in [5.41, 5.74) is 1.38. The summed E-state index contributed by atoms with van der Waals surface area (Å²) in [6.07, 6.45) is -1.05. The first-order chi connectivity index (χ1) is 21.5. The van der Waals surface area contributed by atoms with Crippen LogP contribution in [-0.2, 0) is 20.6 Å². The Labute approximate surface area is 255 Å². The third kappa shape index (κ3) is 4.75. The van der Waals surface area contributed by atoms with Gasteiger partial charge in [0.2, 0.25) is 18.8 Å². The molecule has 2 fully saturated rings. The van der Waals surface area contributed by atoms with Crippen molar-refractivity contribution >= 4 is 0 Å². The molecule has 0 aromatic heterocycles. The lowest BCUT2D eigenvalue weighted by atomic mass is 9.83. The average molecular weight is 609 g/mol. The smallest absolute Gasteiger partial charge is 0.232 e. The van der Waals surface area contributed by atoms with Crippen LogP contribution in [0.15, 0.2) is 48.5 Å². The summed E-state index contributed by atoms with van der Waals surface area (Å²) in [6.45, 7) is 0.945. The van der Waals surface area contributed by atoms with Gasteiger partial charge in [-0.1, -0.05) is 12.1 Å². The van der Waals surface area contributed by atoms with Crippen LogP contribution in [-0.4, -0.2) is 72.1 Å². The van der Waals surface area contributed by atoms with E-state index in [4.69, 9.17) is 47.4 Å². The largest absolute Gasteiger partial charge is 0.496 e. The molecule has 4 aliphatic heterocycles. The van der Waals surface area contributed by atoms with Crippen LogP contribution in [0.2, 0.25) is 0 Å². The third-order valence-electron chi connectivity index (χ3n) is 8.93. The fraction of sp³-hybridized carbons (Fsp3) is 0.455. The number of benzene rings is 3. The monoisotopic (exact) mass is 608 g/mol. The summed E-state index contributed by atoms with van der Waals surface area (Å²) < 4.78 is 58.7. The Morgan fingerprint density at radius 1 is 0.841 bits per heavy atom. The highest BCUT2D eigenvalue weighted by Gasteiger charge is 2.61. The first-order valence-electron chi connectivity index (χ1n) is 14.6. The Bertz CT molecular complexity index is 1500. The van der Waals surface area contributed by atoms with Crippen LogP contribution in [0, 0.1) is 11.8 Å². The molecule has 0 radical (unpaired) electrons. The number of para-hydroxylation sites is 1.